The van der Waals surface area contributed by atoms with Gasteiger partial charge in [0.05, 0.1) is 11.4 Å². The number of pyridine rings is 2. The van der Waals surface area contributed by atoms with Gasteiger partial charge in [0.1, 0.15) is 18.0 Å². The number of aryl methyl sites for hydroxylation is 1. The lowest BCUT2D eigenvalue weighted by Gasteiger charge is -2.15. The molecule has 1 aliphatic rings. The fraction of sp³-hybridized carbons (Fsp3) is 0.222. The summed E-state index contributed by atoms with van der Waals surface area (Å²) in [4.78, 5) is 32.9. The number of benzene rings is 1. The maximum atomic E-state index is 13.1. The monoisotopic (exact) mass is 465 g/mol. The highest BCUT2D eigenvalue weighted by molar-refractivity contribution is 6.04. The minimum absolute atomic E-state index is 0.212. The Kier molecular flexibility index (Phi) is 6.72. The Morgan fingerprint density at radius 3 is 2.71 bits per heavy atom. The summed E-state index contributed by atoms with van der Waals surface area (Å²) in [6.45, 7) is 5.00. The first-order valence-electron chi connectivity index (χ1n) is 11.7. The fourth-order valence-electron chi connectivity index (χ4n) is 4.18. The van der Waals surface area contributed by atoms with Gasteiger partial charge in [-0.1, -0.05) is 12.1 Å². The van der Waals surface area contributed by atoms with E-state index in [1.165, 1.54) is 19.2 Å². The average molecular weight is 466 g/mol. The third-order valence-electron chi connectivity index (χ3n) is 6.05. The number of amides is 1. The molecular weight excluding hydrogens is 438 g/mol. The molecule has 4 aromatic rings. The SMILES string of the molecule is Cc1ccc(C(=O)Nc2cccc(CN3CCCC3)n2)cc1Nc1ncccc1-c1ccncn1. The van der Waals surface area contributed by atoms with E-state index in [0.717, 1.165) is 47.8 Å². The largest absolute Gasteiger partial charge is 0.339 e. The van der Waals surface area contributed by atoms with Gasteiger partial charge >= 0.3 is 0 Å². The molecule has 1 fully saturated rings. The van der Waals surface area contributed by atoms with Gasteiger partial charge < -0.3 is 10.6 Å². The van der Waals surface area contributed by atoms with Crippen LogP contribution in [0.4, 0.5) is 17.3 Å². The predicted molar refractivity (Wildman–Crippen MR) is 136 cm³/mol. The van der Waals surface area contributed by atoms with Crippen LogP contribution in [0.3, 0.4) is 0 Å². The maximum absolute atomic E-state index is 13.1. The molecule has 8 nitrogen and oxygen atoms in total. The molecule has 1 aliphatic heterocycles. The van der Waals surface area contributed by atoms with Crippen molar-refractivity contribution in [2.45, 2.75) is 26.3 Å². The quantitative estimate of drug-likeness (QED) is 0.403. The van der Waals surface area contributed by atoms with Crippen LogP contribution < -0.4 is 10.6 Å². The summed E-state index contributed by atoms with van der Waals surface area (Å²) in [7, 11) is 0. The second kappa shape index (κ2) is 10.4. The number of hydrogen-bond donors (Lipinski definition) is 2. The lowest BCUT2D eigenvalue weighted by atomic mass is 10.1. The van der Waals surface area contributed by atoms with Gasteiger partial charge in [-0.05, 0) is 80.9 Å². The average Bonchev–Trinajstić information content (AvgIpc) is 3.39. The zero-order valence-electron chi connectivity index (χ0n) is 19.6. The van der Waals surface area contributed by atoms with Crippen LogP contribution in [0.15, 0.2) is 73.3 Å². The van der Waals surface area contributed by atoms with Crippen LogP contribution in [0.25, 0.3) is 11.3 Å². The standard InChI is InChI=1S/C27H27N7O/c1-19-9-10-20(27(35)33-25-8-4-6-21(31-25)17-34-14-2-3-15-34)16-24(19)32-26-22(7-5-12-29-26)23-11-13-28-18-30-23/h4-13,16,18H,2-3,14-15,17H2,1H3,(H,29,32)(H,31,33,35). The Hall–Kier alpha value is -4.17. The van der Waals surface area contributed by atoms with E-state index in [2.05, 4.69) is 35.5 Å². The molecule has 1 saturated heterocycles. The van der Waals surface area contributed by atoms with E-state index in [-0.39, 0.29) is 5.91 Å². The molecule has 2 N–H and O–H groups in total. The Labute approximate surface area is 204 Å². The van der Waals surface area contributed by atoms with Crippen molar-refractivity contribution in [3.05, 3.63) is 90.1 Å². The molecule has 1 amide bonds. The third kappa shape index (κ3) is 5.50. The summed E-state index contributed by atoms with van der Waals surface area (Å²) in [6, 6.07) is 17.0. The highest BCUT2D eigenvalue weighted by Gasteiger charge is 2.15. The smallest absolute Gasteiger partial charge is 0.256 e. The van der Waals surface area contributed by atoms with E-state index in [0.29, 0.717) is 17.2 Å². The van der Waals surface area contributed by atoms with Crippen LogP contribution >= 0.6 is 0 Å². The Morgan fingerprint density at radius 1 is 1.00 bits per heavy atom. The van der Waals surface area contributed by atoms with Crippen LogP contribution in [0.5, 0.6) is 0 Å². The molecule has 0 radical (unpaired) electrons. The van der Waals surface area contributed by atoms with Crippen molar-refractivity contribution in [1.29, 1.82) is 0 Å². The lowest BCUT2D eigenvalue weighted by molar-refractivity contribution is 0.102. The number of hydrogen-bond acceptors (Lipinski definition) is 7. The summed E-state index contributed by atoms with van der Waals surface area (Å²) in [5, 5.41) is 6.32. The minimum Gasteiger partial charge on any atom is -0.339 e. The van der Waals surface area contributed by atoms with Gasteiger partial charge in [-0.3, -0.25) is 9.69 Å². The fourth-order valence-corrected chi connectivity index (χ4v) is 4.18. The van der Waals surface area contributed by atoms with Crippen LogP contribution in [0.1, 0.15) is 34.5 Å². The van der Waals surface area contributed by atoms with Gasteiger partial charge in [0, 0.05) is 35.8 Å². The summed E-state index contributed by atoms with van der Waals surface area (Å²) in [6.07, 6.45) is 7.40. The van der Waals surface area contributed by atoms with Gasteiger partial charge in [-0.25, -0.2) is 19.9 Å². The van der Waals surface area contributed by atoms with Crippen molar-refractivity contribution in [1.82, 2.24) is 24.8 Å². The molecule has 8 heteroatoms. The molecule has 0 aliphatic carbocycles. The summed E-state index contributed by atoms with van der Waals surface area (Å²) in [5.74, 6) is 0.997. The zero-order chi connectivity index (χ0) is 24.0. The van der Waals surface area contributed by atoms with Crippen LogP contribution in [0.2, 0.25) is 0 Å². The highest BCUT2D eigenvalue weighted by Crippen LogP contribution is 2.28. The Balaban J connectivity index is 1.33. The molecule has 0 unspecified atom stereocenters. The van der Waals surface area contributed by atoms with Gasteiger partial charge in [0.15, 0.2) is 0 Å². The number of carbonyl (C=O) groups is 1. The molecule has 0 saturated carbocycles. The van der Waals surface area contributed by atoms with Crippen molar-refractivity contribution >= 4 is 23.2 Å². The minimum atomic E-state index is -0.212. The van der Waals surface area contributed by atoms with Crippen molar-refractivity contribution in [2.24, 2.45) is 0 Å². The van der Waals surface area contributed by atoms with E-state index in [1.807, 2.05) is 61.5 Å². The first kappa shape index (κ1) is 22.6. The van der Waals surface area contributed by atoms with Gasteiger partial charge in [0.25, 0.3) is 5.91 Å². The Morgan fingerprint density at radius 2 is 1.89 bits per heavy atom. The highest BCUT2D eigenvalue weighted by atomic mass is 16.1. The zero-order valence-corrected chi connectivity index (χ0v) is 19.6. The second-order valence-corrected chi connectivity index (χ2v) is 8.60. The molecule has 0 spiro atoms. The van der Waals surface area contributed by atoms with Crippen molar-refractivity contribution in [3.8, 4) is 11.3 Å². The first-order chi connectivity index (χ1) is 17.2. The van der Waals surface area contributed by atoms with Crippen LogP contribution in [-0.4, -0.2) is 43.8 Å². The van der Waals surface area contributed by atoms with E-state index >= 15 is 0 Å². The summed E-state index contributed by atoms with van der Waals surface area (Å²) >= 11 is 0. The molecule has 3 aromatic heterocycles. The predicted octanol–water partition coefficient (Wildman–Crippen LogP) is 4.83. The van der Waals surface area contributed by atoms with E-state index < -0.39 is 0 Å². The number of rotatable bonds is 7. The number of likely N-dealkylation sites (tertiary alicyclic amines) is 1. The normalized spacial score (nSPS) is 13.5. The lowest BCUT2D eigenvalue weighted by Crippen LogP contribution is -2.20. The van der Waals surface area contributed by atoms with Crippen LogP contribution in [-0.2, 0) is 6.54 Å². The summed E-state index contributed by atoms with van der Waals surface area (Å²) < 4.78 is 0. The number of anilines is 3. The van der Waals surface area contributed by atoms with E-state index in [9.17, 15) is 4.79 Å². The number of nitrogens with zero attached hydrogens (tertiary/aromatic N) is 5. The maximum Gasteiger partial charge on any atom is 0.256 e. The molecule has 4 heterocycles. The molecule has 0 bridgehead atoms. The molecule has 35 heavy (non-hydrogen) atoms. The van der Waals surface area contributed by atoms with Crippen molar-refractivity contribution in [3.63, 3.8) is 0 Å². The topological polar surface area (TPSA) is 95.9 Å². The molecule has 5 rings (SSSR count). The number of carbonyl (C=O) groups excluding carboxylic acids is 1. The molecular formula is C27H27N7O. The van der Waals surface area contributed by atoms with E-state index in [1.54, 1.807) is 12.4 Å². The van der Waals surface area contributed by atoms with E-state index in [4.69, 9.17) is 0 Å². The molecule has 0 atom stereocenters. The second-order valence-electron chi connectivity index (χ2n) is 8.60. The number of aromatic nitrogens is 4. The van der Waals surface area contributed by atoms with Crippen molar-refractivity contribution in [2.75, 3.05) is 23.7 Å². The first-order valence-corrected chi connectivity index (χ1v) is 11.7. The van der Waals surface area contributed by atoms with Gasteiger partial charge in [-0.15, -0.1) is 0 Å². The third-order valence-corrected chi connectivity index (χ3v) is 6.05. The molecule has 176 valence electrons. The summed E-state index contributed by atoms with van der Waals surface area (Å²) in [5.41, 5.74) is 4.90. The van der Waals surface area contributed by atoms with Crippen LogP contribution in [0, 0.1) is 6.92 Å². The number of nitrogens with one attached hydrogen (secondary N) is 2. The Bertz CT molecular complexity index is 1320. The van der Waals surface area contributed by atoms with Gasteiger partial charge in [0.2, 0.25) is 0 Å². The van der Waals surface area contributed by atoms with Crippen molar-refractivity contribution < 1.29 is 4.79 Å². The van der Waals surface area contributed by atoms with Gasteiger partial charge in [-0.2, -0.15) is 0 Å². The molecule has 1 aromatic carbocycles.